The van der Waals surface area contributed by atoms with E-state index in [1.807, 2.05) is 48.5 Å². The summed E-state index contributed by atoms with van der Waals surface area (Å²) in [6, 6.07) is 18.0. The number of hydrogen-bond donors (Lipinski definition) is 3. The zero-order valence-corrected chi connectivity index (χ0v) is 13.1. The smallest absolute Gasteiger partial charge is 0.360 e. The number of benzene rings is 2. The Morgan fingerprint density at radius 3 is 2.24 bits per heavy atom. The minimum absolute atomic E-state index is 0.214. The lowest BCUT2D eigenvalue weighted by Gasteiger charge is -2.42. The molecule has 0 saturated heterocycles. The maximum atomic E-state index is 12.1. The SMILES string of the molecule is O=C(O)[C@]1(O)[C@@H](c2ccccc2)[C@@H](c2ccccc2)Nc2ncnn21. The van der Waals surface area contributed by atoms with Gasteiger partial charge < -0.3 is 15.5 Å². The van der Waals surface area contributed by atoms with Gasteiger partial charge in [-0.2, -0.15) is 14.8 Å². The van der Waals surface area contributed by atoms with Gasteiger partial charge in [0.2, 0.25) is 5.95 Å². The third-order valence-electron chi connectivity index (χ3n) is 4.55. The van der Waals surface area contributed by atoms with Gasteiger partial charge in [0, 0.05) is 0 Å². The van der Waals surface area contributed by atoms with E-state index in [-0.39, 0.29) is 5.95 Å². The molecule has 0 fully saturated rings. The van der Waals surface area contributed by atoms with Crippen molar-refractivity contribution in [2.75, 3.05) is 5.32 Å². The van der Waals surface area contributed by atoms with Gasteiger partial charge in [0.05, 0.1) is 12.0 Å². The number of carboxylic acids is 1. The second kappa shape index (κ2) is 5.71. The molecule has 3 aromatic rings. The summed E-state index contributed by atoms with van der Waals surface area (Å²) in [5, 5.41) is 28.3. The fourth-order valence-electron chi connectivity index (χ4n) is 3.42. The molecular weight excluding hydrogens is 320 g/mol. The Hall–Kier alpha value is -3.19. The van der Waals surface area contributed by atoms with E-state index in [1.54, 1.807) is 12.1 Å². The van der Waals surface area contributed by atoms with Crippen LogP contribution in [-0.4, -0.2) is 30.9 Å². The molecule has 0 unspecified atom stereocenters. The molecule has 0 spiro atoms. The first-order valence-corrected chi connectivity index (χ1v) is 7.85. The number of fused-ring (bicyclic) bond motifs is 1. The minimum atomic E-state index is -2.26. The molecule has 1 aliphatic rings. The second-order valence-electron chi connectivity index (χ2n) is 5.95. The van der Waals surface area contributed by atoms with E-state index in [9.17, 15) is 15.0 Å². The summed E-state index contributed by atoms with van der Waals surface area (Å²) < 4.78 is 1.03. The van der Waals surface area contributed by atoms with Crippen molar-refractivity contribution in [3.05, 3.63) is 78.1 Å². The normalized spacial score (nSPS) is 25.0. The average molecular weight is 336 g/mol. The molecule has 25 heavy (non-hydrogen) atoms. The van der Waals surface area contributed by atoms with Gasteiger partial charge in [-0.15, -0.1) is 0 Å². The quantitative estimate of drug-likeness (QED) is 0.676. The number of carbonyl (C=O) groups is 1. The van der Waals surface area contributed by atoms with E-state index in [0.717, 1.165) is 10.2 Å². The summed E-state index contributed by atoms with van der Waals surface area (Å²) in [7, 11) is 0. The number of nitrogens with zero attached hydrogens (tertiary/aromatic N) is 3. The van der Waals surface area contributed by atoms with Crippen LogP contribution in [0.25, 0.3) is 0 Å². The highest BCUT2D eigenvalue weighted by molar-refractivity contribution is 5.78. The summed E-state index contributed by atoms with van der Waals surface area (Å²) in [5.74, 6) is -1.97. The summed E-state index contributed by atoms with van der Waals surface area (Å²) in [6.07, 6.45) is 1.23. The Labute approximate surface area is 143 Å². The van der Waals surface area contributed by atoms with Crippen molar-refractivity contribution in [2.24, 2.45) is 0 Å². The number of carboxylic acid groups (broad SMARTS) is 1. The molecule has 0 bridgehead atoms. The van der Waals surface area contributed by atoms with Crippen LogP contribution in [0.5, 0.6) is 0 Å². The maximum Gasteiger partial charge on any atom is 0.360 e. The zero-order valence-electron chi connectivity index (χ0n) is 13.1. The lowest BCUT2D eigenvalue weighted by atomic mass is 9.78. The maximum absolute atomic E-state index is 12.1. The number of rotatable bonds is 3. The number of nitrogens with one attached hydrogen (secondary N) is 1. The van der Waals surface area contributed by atoms with Gasteiger partial charge in [-0.25, -0.2) is 4.79 Å². The second-order valence-corrected chi connectivity index (χ2v) is 5.95. The molecule has 1 aromatic heterocycles. The van der Waals surface area contributed by atoms with Crippen molar-refractivity contribution in [1.82, 2.24) is 14.8 Å². The van der Waals surface area contributed by atoms with Gasteiger partial charge in [-0.1, -0.05) is 60.7 Å². The summed E-state index contributed by atoms with van der Waals surface area (Å²) in [4.78, 5) is 16.2. The standard InChI is InChI=1S/C18H16N4O3/c23-16(24)18(25)14(12-7-3-1-4-8-12)15(13-9-5-2-6-10-13)21-17-19-11-20-22(17)18/h1-11,14-15,25H,(H,23,24)(H,19,20,21)/t14-,15+,18+/m0/s1. The first kappa shape index (κ1) is 15.3. The predicted molar refractivity (Wildman–Crippen MR) is 89.8 cm³/mol. The fourth-order valence-corrected chi connectivity index (χ4v) is 3.42. The van der Waals surface area contributed by atoms with Crippen LogP contribution in [0.4, 0.5) is 5.95 Å². The van der Waals surface area contributed by atoms with Crippen molar-refractivity contribution >= 4 is 11.9 Å². The number of aromatic nitrogens is 3. The van der Waals surface area contributed by atoms with Gasteiger partial charge in [-0.05, 0) is 11.1 Å². The van der Waals surface area contributed by atoms with Crippen LogP contribution in [0.2, 0.25) is 0 Å². The molecule has 2 aromatic carbocycles. The first-order chi connectivity index (χ1) is 12.1. The number of anilines is 1. The van der Waals surface area contributed by atoms with Crippen LogP contribution in [0.1, 0.15) is 23.1 Å². The van der Waals surface area contributed by atoms with E-state index in [2.05, 4.69) is 15.4 Å². The largest absolute Gasteiger partial charge is 0.478 e. The lowest BCUT2D eigenvalue weighted by Crippen LogP contribution is -2.54. The topological polar surface area (TPSA) is 100 Å². The van der Waals surface area contributed by atoms with Crippen molar-refractivity contribution < 1.29 is 15.0 Å². The van der Waals surface area contributed by atoms with Crippen molar-refractivity contribution in [1.29, 1.82) is 0 Å². The van der Waals surface area contributed by atoms with Crippen molar-refractivity contribution in [2.45, 2.75) is 17.7 Å². The van der Waals surface area contributed by atoms with Gasteiger partial charge >= 0.3 is 5.97 Å². The summed E-state index contributed by atoms with van der Waals surface area (Å²) >= 11 is 0. The third-order valence-corrected chi connectivity index (χ3v) is 4.55. The predicted octanol–water partition coefficient (Wildman–Crippen LogP) is 1.96. The molecule has 0 saturated carbocycles. The molecule has 1 aliphatic heterocycles. The molecule has 2 heterocycles. The molecular formula is C18H16N4O3. The van der Waals surface area contributed by atoms with Gasteiger partial charge in [-0.3, -0.25) is 0 Å². The van der Waals surface area contributed by atoms with Crippen molar-refractivity contribution in [3.8, 4) is 0 Å². The molecule has 4 rings (SSSR count). The summed E-state index contributed by atoms with van der Waals surface area (Å²) in [6.45, 7) is 0. The molecule has 7 heteroatoms. The lowest BCUT2D eigenvalue weighted by molar-refractivity contribution is -0.179. The van der Waals surface area contributed by atoms with Crippen LogP contribution in [0.3, 0.4) is 0 Å². The monoisotopic (exact) mass is 336 g/mol. The highest BCUT2D eigenvalue weighted by Crippen LogP contribution is 2.47. The molecule has 7 nitrogen and oxygen atoms in total. The molecule has 0 radical (unpaired) electrons. The average Bonchev–Trinajstić information content (AvgIpc) is 3.12. The van der Waals surface area contributed by atoms with E-state index in [4.69, 9.17) is 0 Å². The fraction of sp³-hybridized carbons (Fsp3) is 0.167. The number of aliphatic hydroxyl groups is 1. The number of hydrogen-bond acceptors (Lipinski definition) is 5. The Bertz CT molecular complexity index is 897. The summed E-state index contributed by atoms with van der Waals surface area (Å²) in [5.41, 5.74) is -0.723. The van der Waals surface area contributed by atoms with E-state index in [0.29, 0.717) is 5.56 Å². The molecule has 0 amide bonds. The first-order valence-electron chi connectivity index (χ1n) is 7.85. The Kier molecular flexibility index (Phi) is 3.51. The van der Waals surface area contributed by atoms with Crippen molar-refractivity contribution in [3.63, 3.8) is 0 Å². The zero-order chi connectivity index (χ0) is 17.4. The van der Waals surface area contributed by atoms with Gasteiger partial charge in [0.15, 0.2) is 0 Å². The minimum Gasteiger partial charge on any atom is -0.478 e. The van der Waals surface area contributed by atoms with Gasteiger partial charge in [0.1, 0.15) is 6.33 Å². The van der Waals surface area contributed by atoms with Crippen LogP contribution in [0.15, 0.2) is 67.0 Å². The third kappa shape index (κ3) is 2.28. The van der Waals surface area contributed by atoms with Gasteiger partial charge in [0.25, 0.3) is 5.72 Å². The highest BCUT2D eigenvalue weighted by Gasteiger charge is 2.56. The molecule has 3 atom stereocenters. The molecule has 126 valence electrons. The number of aliphatic carboxylic acids is 1. The van der Waals surface area contributed by atoms with E-state index >= 15 is 0 Å². The van der Waals surface area contributed by atoms with E-state index in [1.165, 1.54) is 6.33 Å². The Morgan fingerprint density at radius 1 is 1.04 bits per heavy atom. The molecule has 3 N–H and O–H groups in total. The van der Waals surface area contributed by atoms with Crippen LogP contribution >= 0.6 is 0 Å². The van der Waals surface area contributed by atoms with E-state index < -0.39 is 23.7 Å². The molecule has 0 aliphatic carbocycles. The van der Waals surface area contributed by atoms with Crippen LogP contribution < -0.4 is 5.32 Å². The Balaban J connectivity index is 1.97. The van der Waals surface area contributed by atoms with Crippen LogP contribution in [0, 0.1) is 0 Å². The Morgan fingerprint density at radius 2 is 1.64 bits per heavy atom. The van der Waals surface area contributed by atoms with Crippen LogP contribution in [-0.2, 0) is 10.5 Å². The highest BCUT2D eigenvalue weighted by atomic mass is 16.4.